The summed E-state index contributed by atoms with van der Waals surface area (Å²) >= 11 is 0. The highest BCUT2D eigenvalue weighted by Crippen LogP contribution is 2.19. The molecule has 0 aliphatic carbocycles. The standard InChI is InChI=1S/C14H25N5/c1-4-15-9-12-10-17-14(11-16-12)19(3)13-5-7-18(2)8-6-13/h10-11,13,15H,4-9H2,1-3H3. The van der Waals surface area contributed by atoms with Gasteiger partial charge in [-0.1, -0.05) is 6.92 Å². The molecule has 1 saturated heterocycles. The van der Waals surface area contributed by atoms with Gasteiger partial charge in [-0.05, 0) is 39.5 Å². The Morgan fingerprint density at radius 3 is 2.63 bits per heavy atom. The van der Waals surface area contributed by atoms with E-state index in [1.54, 1.807) is 0 Å². The quantitative estimate of drug-likeness (QED) is 0.862. The second-order valence-electron chi connectivity index (χ2n) is 5.29. The van der Waals surface area contributed by atoms with Crippen LogP contribution in [0.15, 0.2) is 12.4 Å². The molecular weight excluding hydrogens is 238 g/mol. The highest BCUT2D eigenvalue weighted by atomic mass is 15.2. The number of aromatic nitrogens is 2. The van der Waals surface area contributed by atoms with E-state index < -0.39 is 0 Å². The molecule has 0 aromatic carbocycles. The van der Waals surface area contributed by atoms with E-state index in [9.17, 15) is 0 Å². The van der Waals surface area contributed by atoms with Crippen LogP contribution in [0.25, 0.3) is 0 Å². The summed E-state index contributed by atoms with van der Waals surface area (Å²) in [5.74, 6) is 0.981. The van der Waals surface area contributed by atoms with Crippen LogP contribution in [0.4, 0.5) is 5.82 Å². The maximum atomic E-state index is 4.54. The topological polar surface area (TPSA) is 44.3 Å². The molecule has 0 saturated carbocycles. The van der Waals surface area contributed by atoms with Crippen molar-refractivity contribution in [2.75, 3.05) is 38.6 Å². The molecule has 1 aromatic heterocycles. The molecule has 19 heavy (non-hydrogen) atoms. The number of nitrogens with one attached hydrogen (secondary N) is 1. The molecule has 5 heteroatoms. The maximum absolute atomic E-state index is 4.54. The minimum atomic E-state index is 0.588. The zero-order valence-corrected chi connectivity index (χ0v) is 12.3. The fourth-order valence-corrected chi connectivity index (χ4v) is 2.44. The van der Waals surface area contributed by atoms with Crippen LogP contribution in [-0.2, 0) is 6.54 Å². The minimum absolute atomic E-state index is 0.588. The van der Waals surface area contributed by atoms with Gasteiger partial charge >= 0.3 is 0 Å². The van der Waals surface area contributed by atoms with Crippen molar-refractivity contribution in [1.29, 1.82) is 0 Å². The van der Waals surface area contributed by atoms with E-state index in [-0.39, 0.29) is 0 Å². The summed E-state index contributed by atoms with van der Waals surface area (Å²) in [5.41, 5.74) is 1.00. The number of hydrogen-bond donors (Lipinski definition) is 1. The number of rotatable bonds is 5. The SMILES string of the molecule is CCNCc1cnc(N(C)C2CCN(C)CC2)cn1. The fraction of sp³-hybridized carbons (Fsp3) is 0.714. The Kier molecular flexibility index (Phi) is 5.10. The predicted octanol–water partition coefficient (Wildman–Crippen LogP) is 1.12. The van der Waals surface area contributed by atoms with Crippen LogP contribution >= 0.6 is 0 Å². The summed E-state index contributed by atoms with van der Waals surface area (Å²) < 4.78 is 0. The maximum Gasteiger partial charge on any atom is 0.147 e. The molecule has 5 nitrogen and oxygen atoms in total. The van der Waals surface area contributed by atoms with Gasteiger partial charge in [0.2, 0.25) is 0 Å². The van der Waals surface area contributed by atoms with Crippen LogP contribution in [0.3, 0.4) is 0 Å². The summed E-state index contributed by atoms with van der Waals surface area (Å²) in [4.78, 5) is 13.7. The van der Waals surface area contributed by atoms with Crippen molar-refractivity contribution in [2.45, 2.75) is 32.4 Å². The molecule has 0 spiro atoms. The van der Waals surface area contributed by atoms with E-state index in [2.05, 4.69) is 46.1 Å². The molecule has 0 amide bonds. The first-order chi connectivity index (χ1) is 9.20. The lowest BCUT2D eigenvalue weighted by Gasteiger charge is -2.35. The van der Waals surface area contributed by atoms with Gasteiger partial charge in [-0.3, -0.25) is 4.98 Å². The third-order valence-electron chi connectivity index (χ3n) is 3.84. The van der Waals surface area contributed by atoms with E-state index in [0.29, 0.717) is 6.04 Å². The Balaban J connectivity index is 1.93. The molecule has 2 heterocycles. The fourth-order valence-electron chi connectivity index (χ4n) is 2.44. The first-order valence-electron chi connectivity index (χ1n) is 7.13. The van der Waals surface area contributed by atoms with Crippen molar-refractivity contribution >= 4 is 5.82 Å². The van der Waals surface area contributed by atoms with Gasteiger partial charge in [0.25, 0.3) is 0 Å². The molecular formula is C14H25N5. The first kappa shape index (κ1) is 14.2. The average molecular weight is 263 g/mol. The molecule has 1 aromatic rings. The smallest absolute Gasteiger partial charge is 0.147 e. The Morgan fingerprint density at radius 1 is 1.32 bits per heavy atom. The van der Waals surface area contributed by atoms with Gasteiger partial charge in [0.15, 0.2) is 0 Å². The predicted molar refractivity (Wildman–Crippen MR) is 78.3 cm³/mol. The monoisotopic (exact) mass is 263 g/mol. The van der Waals surface area contributed by atoms with Crippen molar-refractivity contribution in [3.8, 4) is 0 Å². The van der Waals surface area contributed by atoms with E-state index in [4.69, 9.17) is 0 Å². The Hall–Kier alpha value is -1.20. The molecule has 0 bridgehead atoms. The second-order valence-corrected chi connectivity index (χ2v) is 5.29. The van der Waals surface area contributed by atoms with E-state index in [1.165, 1.54) is 25.9 Å². The zero-order valence-electron chi connectivity index (χ0n) is 12.3. The molecule has 1 aliphatic heterocycles. The van der Waals surface area contributed by atoms with Crippen LogP contribution in [-0.4, -0.2) is 54.6 Å². The Bertz CT molecular complexity index is 370. The summed E-state index contributed by atoms with van der Waals surface area (Å²) in [5, 5.41) is 3.26. The van der Waals surface area contributed by atoms with Crippen LogP contribution < -0.4 is 10.2 Å². The third kappa shape index (κ3) is 3.88. The number of piperidine rings is 1. The molecule has 0 radical (unpaired) electrons. The van der Waals surface area contributed by atoms with Gasteiger partial charge in [-0.25, -0.2) is 4.98 Å². The largest absolute Gasteiger partial charge is 0.355 e. The number of hydrogen-bond acceptors (Lipinski definition) is 5. The molecule has 1 fully saturated rings. The highest BCUT2D eigenvalue weighted by molar-refractivity contribution is 5.36. The van der Waals surface area contributed by atoms with Crippen molar-refractivity contribution < 1.29 is 0 Å². The molecule has 106 valence electrons. The molecule has 1 aliphatic rings. The number of likely N-dealkylation sites (tertiary alicyclic amines) is 1. The summed E-state index contributed by atoms with van der Waals surface area (Å²) in [6, 6.07) is 0.588. The van der Waals surface area contributed by atoms with Crippen LogP contribution in [0.2, 0.25) is 0 Å². The lowest BCUT2D eigenvalue weighted by molar-refractivity contribution is 0.252. The number of nitrogens with zero attached hydrogens (tertiary/aromatic N) is 4. The highest BCUT2D eigenvalue weighted by Gasteiger charge is 2.21. The molecule has 1 N–H and O–H groups in total. The van der Waals surface area contributed by atoms with Crippen molar-refractivity contribution in [1.82, 2.24) is 20.2 Å². The zero-order chi connectivity index (χ0) is 13.7. The van der Waals surface area contributed by atoms with Crippen molar-refractivity contribution in [3.05, 3.63) is 18.1 Å². The van der Waals surface area contributed by atoms with Crippen molar-refractivity contribution in [3.63, 3.8) is 0 Å². The Labute approximate surface area is 116 Å². The van der Waals surface area contributed by atoms with Gasteiger partial charge in [-0.2, -0.15) is 0 Å². The lowest BCUT2D eigenvalue weighted by atomic mass is 10.0. The van der Waals surface area contributed by atoms with E-state index >= 15 is 0 Å². The van der Waals surface area contributed by atoms with Crippen LogP contribution in [0, 0.1) is 0 Å². The second kappa shape index (κ2) is 6.82. The molecule has 0 unspecified atom stereocenters. The molecule has 0 atom stereocenters. The van der Waals surface area contributed by atoms with Gasteiger partial charge < -0.3 is 15.1 Å². The minimum Gasteiger partial charge on any atom is -0.355 e. The normalized spacial score (nSPS) is 17.6. The van der Waals surface area contributed by atoms with E-state index in [0.717, 1.165) is 24.6 Å². The van der Waals surface area contributed by atoms with Crippen molar-refractivity contribution in [2.24, 2.45) is 0 Å². The van der Waals surface area contributed by atoms with Gasteiger partial charge in [-0.15, -0.1) is 0 Å². The lowest BCUT2D eigenvalue weighted by Crippen LogP contribution is -2.42. The summed E-state index contributed by atoms with van der Waals surface area (Å²) in [6.07, 6.45) is 6.18. The third-order valence-corrected chi connectivity index (χ3v) is 3.84. The van der Waals surface area contributed by atoms with Crippen LogP contribution in [0.5, 0.6) is 0 Å². The molecule has 2 rings (SSSR count). The van der Waals surface area contributed by atoms with Gasteiger partial charge in [0, 0.05) is 19.6 Å². The average Bonchev–Trinajstić information content (AvgIpc) is 2.46. The first-order valence-corrected chi connectivity index (χ1v) is 7.13. The van der Waals surface area contributed by atoms with Gasteiger partial charge in [0.05, 0.1) is 18.1 Å². The Morgan fingerprint density at radius 2 is 2.05 bits per heavy atom. The summed E-state index contributed by atoms with van der Waals surface area (Å²) in [6.45, 7) is 6.18. The number of anilines is 1. The van der Waals surface area contributed by atoms with Gasteiger partial charge in [0.1, 0.15) is 5.82 Å². The van der Waals surface area contributed by atoms with E-state index in [1.807, 2.05) is 12.4 Å². The summed E-state index contributed by atoms with van der Waals surface area (Å²) in [7, 11) is 4.31. The van der Waals surface area contributed by atoms with Crippen LogP contribution in [0.1, 0.15) is 25.5 Å².